The van der Waals surface area contributed by atoms with E-state index in [0.717, 1.165) is 39.0 Å². The molecule has 0 aromatic heterocycles. The fourth-order valence-corrected chi connectivity index (χ4v) is 2.35. The zero-order chi connectivity index (χ0) is 12.1. The van der Waals surface area contributed by atoms with Crippen LogP contribution >= 0.6 is 0 Å². The predicted molar refractivity (Wildman–Crippen MR) is 66.6 cm³/mol. The van der Waals surface area contributed by atoms with Crippen LogP contribution in [0.5, 0.6) is 0 Å². The molecule has 16 heavy (non-hydrogen) atoms. The average molecular weight is 227 g/mol. The normalized spacial score (nSPS) is 17.9. The lowest BCUT2D eigenvalue weighted by Gasteiger charge is -2.33. The smallest absolute Gasteiger partial charge is 0.320 e. The number of carbonyl (C=O) groups is 1. The number of rotatable bonds is 4. The van der Waals surface area contributed by atoms with Gasteiger partial charge in [0.2, 0.25) is 0 Å². The summed E-state index contributed by atoms with van der Waals surface area (Å²) in [7, 11) is 4.09. The van der Waals surface area contributed by atoms with Gasteiger partial charge in [0.15, 0.2) is 0 Å². The van der Waals surface area contributed by atoms with E-state index in [9.17, 15) is 4.79 Å². The highest BCUT2D eigenvalue weighted by atomic mass is 16.2. The molecule has 0 radical (unpaired) electrons. The van der Waals surface area contributed by atoms with Crippen LogP contribution in [0.4, 0.5) is 4.79 Å². The fraction of sp³-hybridized carbons (Fsp3) is 0.917. The van der Waals surface area contributed by atoms with Crippen molar-refractivity contribution in [2.75, 3.05) is 40.3 Å². The van der Waals surface area contributed by atoms with Crippen molar-refractivity contribution in [3.05, 3.63) is 0 Å². The van der Waals surface area contributed by atoms with E-state index in [1.807, 2.05) is 23.9 Å². The van der Waals surface area contributed by atoms with Crippen molar-refractivity contribution in [2.45, 2.75) is 32.7 Å². The van der Waals surface area contributed by atoms with Crippen molar-refractivity contribution in [3.8, 4) is 0 Å². The summed E-state index contributed by atoms with van der Waals surface area (Å²) in [6, 6.07) is 0.502. The molecule has 0 aliphatic carbocycles. The van der Waals surface area contributed by atoms with Gasteiger partial charge in [0.25, 0.3) is 0 Å². The fourth-order valence-electron chi connectivity index (χ4n) is 2.35. The molecule has 1 heterocycles. The third-order valence-electron chi connectivity index (χ3n) is 3.12. The molecule has 4 heteroatoms. The summed E-state index contributed by atoms with van der Waals surface area (Å²) in [5, 5.41) is 0. The minimum absolute atomic E-state index is 0.217. The molecule has 1 aliphatic heterocycles. The summed E-state index contributed by atoms with van der Waals surface area (Å²) in [6.45, 7) is 7.77. The van der Waals surface area contributed by atoms with Crippen LogP contribution < -0.4 is 0 Å². The van der Waals surface area contributed by atoms with Crippen molar-refractivity contribution >= 4 is 6.03 Å². The molecular formula is C12H25N3O. The van der Waals surface area contributed by atoms with E-state index >= 15 is 0 Å². The predicted octanol–water partition coefficient (Wildman–Crippen LogP) is 1.47. The van der Waals surface area contributed by atoms with E-state index in [4.69, 9.17) is 0 Å². The summed E-state index contributed by atoms with van der Waals surface area (Å²) in [5.74, 6) is 0. The van der Waals surface area contributed by atoms with Crippen LogP contribution in [0.1, 0.15) is 26.7 Å². The Kier molecular flexibility index (Phi) is 5.06. The topological polar surface area (TPSA) is 26.8 Å². The summed E-state index contributed by atoms with van der Waals surface area (Å²) in [6.07, 6.45) is 2.32. The molecule has 0 bridgehead atoms. The molecule has 1 atom stereocenters. The number of urea groups is 1. The number of likely N-dealkylation sites (N-methyl/N-ethyl adjacent to an activating group) is 2. The highest BCUT2D eigenvalue weighted by Gasteiger charge is 2.25. The third-order valence-corrected chi connectivity index (χ3v) is 3.12. The number of carbonyl (C=O) groups excluding carboxylic acids is 1. The molecule has 0 aromatic rings. The Morgan fingerprint density at radius 1 is 1.31 bits per heavy atom. The Labute approximate surface area is 99.2 Å². The Bertz CT molecular complexity index is 224. The summed E-state index contributed by atoms with van der Waals surface area (Å²) < 4.78 is 0. The first-order valence-corrected chi connectivity index (χ1v) is 6.26. The van der Waals surface area contributed by atoms with Gasteiger partial charge >= 0.3 is 6.03 Å². The van der Waals surface area contributed by atoms with E-state index in [1.165, 1.54) is 0 Å². The van der Waals surface area contributed by atoms with Gasteiger partial charge in [-0.3, -0.25) is 0 Å². The highest BCUT2D eigenvalue weighted by molar-refractivity contribution is 5.75. The zero-order valence-electron chi connectivity index (χ0n) is 11.1. The lowest BCUT2D eigenvalue weighted by atomic mass is 10.2. The minimum Gasteiger partial charge on any atom is -0.325 e. The molecule has 1 saturated heterocycles. The van der Waals surface area contributed by atoms with Crippen LogP contribution in [0, 0.1) is 0 Å². The maximum Gasteiger partial charge on any atom is 0.320 e. The standard InChI is InChI=1S/C12H25N3O/c1-5-15(11(2)10-13(3)4)12(16)14-8-6-7-9-14/h11H,5-10H2,1-4H3. The van der Waals surface area contributed by atoms with Gasteiger partial charge in [0.1, 0.15) is 0 Å². The molecule has 0 spiro atoms. The molecule has 2 amide bonds. The first-order valence-electron chi connectivity index (χ1n) is 6.26. The quantitative estimate of drug-likeness (QED) is 0.727. The van der Waals surface area contributed by atoms with Crippen LogP contribution in [-0.4, -0.2) is 67.0 Å². The SMILES string of the molecule is CCN(C(=O)N1CCCC1)C(C)CN(C)C. The first-order chi connectivity index (χ1) is 7.56. The van der Waals surface area contributed by atoms with Crippen LogP contribution in [0.2, 0.25) is 0 Å². The second kappa shape index (κ2) is 6.09. The van der Waals surface area contributed by atoms with Crippen molar-refractivity contribution in [3.63, 3.8) is 0 Å². The van der Waals surface area contributed by atoms with Crippen LogP contribution in [0.15, 0.2) is 0 Å². The van der Waals surface area contributed by atoms with Gasteiger partial charge in [0, 0.05) is 32.2 Å². The van der Waals surface area contributed by atoms with Gasteiger partial charge < -0.3 is 14.7 Å². The van der Waals surface area contributed by atoms with Crippen molar-refractivity contribution in [2.24, 2.45) is 0 Å². The third kappa shape index (κ3) is 3.37. The molecule has 1 aliphatic rings. The van der Waals surface area contributed by atoms with Gasteiger partial charge in [0.05, 0.1) is 0 Å². The number of hydrogen-bond acceptors (Lipinski definition) is 2. The number of amides is 2. The molecule has 1 unspecified atom stereocenters. The summed E-state index contributed by atoms with van der Waals surface area (Å²) >= 11 is 0. The summed E-state index contributed by atoms with van der Waals surface area (Å²) in [5.41, 5.74) is 0. The molecular weight excluding hydrogens is 202 g/mol. The Morgan fingerprint density at radius 2 is 1.88 bits per heavy atom. The van der Waals surface area contributed by atoms with Gasteiger partial charge in [-0.1, -0.05) is 0 Å². The van der Waals surface area contributed by atoms with E-state index in [-0.39, 0.29) is 12.1 Å². The van der Waals surface area contributed by atoms with Crippen molar-refractivity contribution in [1.82, 2.24) is 14.7 Å². The number of hydrogen-bond donors (Lipinski definition) is 0. The van der Waals surface area contributed by atoms with Crippen LogP contribution in [-0.2, 0) is 0 Å². The second-order valence-corrected chi connectivity index (χ2v) is 4.87. The van der Waals surface area contributed by atoms with E-state index < -0.39 is 0 Å². The lowest BCUT2D eigenvalue weighted by molar-refractivity contribution is 0.138. The zero-order valence-corrected chi connectivity index (χ0v) is 11.1. The van der Waals surface area contributed by atoms with Gasteiger partial charge in [-0.05, 0) is 40.8 Å². The molecule has 1 rings (SSSR count). The van der Waals surface area contributed by atoms with Gasteiger partial charge in [-0.15, -0.1) is 0 Å². The average Bonchev–Trinajstić information content (AvgIpc) is 2.69. The Morgan fingerprint density at radius 3 is 2.31 bits per heavy atom. The Balaban J connectivity index is 2.54. The van der Waals surface area contributed by atoms with Crippen molar-refractivity contribution < 1.29 is 4.79 Å². The van der Waals surface area contributed by atoms with E-state index in [2.05, 4.69) is 18.7 Å². The van der Waals surface area contributed by atoms with Crippen molar-refractivity contribution in [1.29, 1.82) is 0 Å². The summed E-state index contributed by atoms with van der Waals surface area (Å²) in [4.78, 5) is 18.3. The minimum atomic E-state index is 0.217. The van der Waals surface area contributed by atoms with E-state index in [1.54, 1.807) is 0 Å². The van der Waals surface area contributed by atoms with Crippen LogP contribution in [0.25, 0.3) is 0 Å². The largest absolute Gasteiger partial charge is 0.325 e. The van der Waals surface area contributed by atoms with Gasteiger partial charge in [-0.2, -0.15) is 0 Å². The Hall–Kier alpha value is -0.770. The monoisotopic (exact) mass is 227 g/mol. The molecule has 0 aromatic carbocycles. The first kappa shape index (κ1) is 13.3. The highest BCUT2D eigenvalue weighted by Crippen LogP contribution is 2.12. The van der Waals surface area contributed by atoms with E-state index in [0.29, 0.717) is 0 Å². The molecule has 4 nitrogen and oxygen atoms in total. The molecule has 94 valence electrons. The number of likely N-dealkylation sites (tertiary alicyclic amines) is 1. The molecule has 0 N–H and O–H groups in total. The lowest BCUT2D eigenvalue weighted by Crippen LogP contribution is -2.49. The molecule has 1 fully saturated rings. The second-order valence-electron chi connectivity index (χ2n) is 4.87. The van der Waals surface area contributed by atoms with Gasteiger partial charge in [-0.25, -0.2) is 4.79 Å². The maximum atomic E-state index is 12.2. The molecule has 0 saturated carbocycles. The van der Waals surface area contributed by atoms with Crippen LogP contribution in [0.3, 0.4) is 0 Å². The number of nitrogens with zero attached hydrogens (tertiary/aromatic N) is 3. The maximum absolute atomic E-state index is 12.2.